The molecule has 0 spiro atoms. The number of benzene rings is 1. The van der Waals surface area contributed by atoms with Crippen molar-refractivity contribution in [2.24, 2.45) is 0 Å². The van der Waals surface area contributed by atoms with Gasteiger partial charge in [-0.25, -0.2) is 14.8 Å². The van der Waals surface area contributed by atoms with E-state index in [0.29, 0.717) is 19.1 Å². The highest BCUT2D eigenvalue weighted by Crippen LogP contribution is 2.18. The Morgan fingerprint density at radius 3 is 2.82 bits per heavy atom. The lowest BCUT2D eigenvalue weighted by molar-refractivity contribution is 0.184. The van der Waals surface area contributed by atoms with E-state index in [1.54, 1.807) is 23.4 Å². The molecule has 1 aromatic heterocycles. The molecule has 0 saturated carbocycles. The van der Waals surface area contributed by atoms with Crippen LogP contribution in [0.5, 0.6) is 6.01 Å². The molecular formula is C16H18N4O2. The fourth-order valence-electron chi connectivity index (χ4n) is 2.41. The van der Waals surface area contributed by atoms with E-state index < -0.39 is 0 Å². The molecule has 0 radical (unpaired) electrons. The zero-order valence-electron chi connectivity index (χ0n) is 12.4. The molecule has 1 aliphatic heterocycles. The van der Waals surface area contributed by atoms with Gasteiger partial charge in [0.15, 0.2) is 0 Å². The van der Waals surface area contributed by atoms with Gasteiger partial charge in [0.05, 0.1) is 6.54 Å². The summed E-state index contributed by atoms with van der Waals surface area (Å²) in [5.74, 6) is 0. The molecule has 1 fully saturated rings. The largest absolute Gasteiger partial charge is 0.458 e. The van der Waals surface area contributed by atoms with E-state index in [2.05, 4.69) is 15.3 Å². The number of aromatic nitrogens is 2. The van der Waals surface area contributed by atoms with Crippen molar-refractivity contribution in [1.82, 2.24) is 14.9 Å². The van der Waals surface area contributed by atoms with Gasteiger partial charge in [0, 0.05) is 31.0 Å². The first kappa shape index (κ1) is 14.3. The molecule has 1 aliphatic rings. The molecule has 6 nitrogen and oxygen atoms in total. The molecule has 114 valence electrons. The maximum Gasteiger partial charge on any atom is 0.321 e. The van der Waals surface area contributed by atoms with Crippen molar-refractivity contribution in [3.63, 3.8) is 0 Å². The number of hydrogen-bond donors (Lipinski definition) is 1. The number of hydrogen-bond acceptors (Lipinski definition) is 4. The van der Waals surface area contributed by atoms with E-state index in [-0.39, 0.29) is 12.1 Å². The predicted octanol–water partition coefficient (Wildman–Crippen LogP) is 2.47. The SMILES string of the molecule is Cc1ccccc1NC(=O)N1CCC(Oc2ncccn2)C1. The van der Waals surface area contributed by atoms with Crippen LogP contribution in [0.4, 0.5) is 10.5 Å². The molecule has 0 bridgehead atoms. The number of urea groups is 1. The number of aryl methyl sites for hydroxylation is 1. The van der Waals surface area contributed by atoms with Crippen molar-refractivity contribution in [3.8, 4) is 6.01 Å². The molecular weight excluding hydrogens is 280 g/mol. The van der Waals surface area contributed by atoms with Crippen LogP contribution in [-0.4, -0.2) is 40.1 Å². The van der Waals surface area contributed by atoms with Crippen molar-refractivity contribution >= 4 is 11.7 Å². The second-order valence-electron chi connectivity index (χ2n) is 5.25. The first-order valence-electron chi connectivity index (χ1n) is 7.27. The van der Waals surface area contributed by atoms with E-state index in [4.69, 9.17) is 4.74 Å². The van der Waals surface area contributed by atoms with Gasteiger partial charge >= 0.3 is 12.0 Å². The minimum atomic E-state index is -0.102. The third-order valence-electron chi connectivity index (χ3n) is 3.63. The number of para-hydroxylation sites is 1. The number of ether oxygens (including phenoxy) is 1. The molecule has 1 N–H and O–H groups in total. The van der Waals surface area contributed by atoms with Gasteiger partial charge in [0.25, 0.3) is 0 Å². The number of anilines is 1. The summed E-state index contributed by atoms with van der Waals surface area (Å²) in [5, 5.41) is 2.94. The van der Waals surface area contributed by atoms with E-state index in [0.717, 1.165) is 17.7 Å². The lowest BCUT2D eigenvalue weighted by atomic mass is 10.2. The summed E-state index contributed by atoms with van der Waals surface area (Å²) in [6, 6.07) is 9.72. The fourth-order valence-corrected chi connectivity index (χ4v) is 2.41. The Balaban J connectivity index is 1.56. The lowest BCUT2D eigenvalue weighted by Crippen LogP contribution is -2.34. The summed E-state index contributed by atoms with van der Waals surface area (Å²) in [7, 11) is 0. The van der Waals surface area contributed by atoms with Gasteiger partial charge in [0.2, 0.25) is 0 Å². The number of carbonyl (C=O) groups is 1. The Hall–Kier alpha value is -2.63. The first-order chi connectivity index (χ1) is 10.7. The molecule has 1 aromatic carbocycles. The Morgan fingerprint density at radius 1 is 1.27 bits per heavy atom. The Bertz CT molecular complexity index is 648. The minimum Gasteiger partial charge on any atom is -0.458 e. The molecule has 22 heavy (non-hydrogen) atoms. The van der Waals surface area contributed by atoms with Gasteiger partial charge in [-0.2, -0.15) is 0 Å². The van der Waals surface area contributed by atoms with Crippen molar-refractivity contribution in [3.05, 3.63) is 48.3 Å². The van der Waals surface area contributed by atoms with E-state index >= 15 is 0 Å². The van der Waals surface area contributed by atoms with E-state index in [1.165, 1.54) is 0 Å². The number of carbonyl (C=O) groups excluding carboxylic acids is 1. The average Bonchev–Trinajstić information content (AvgIpc) is 2.99. The molecule has 2 aromatic rings. The third-order valence-corrected chi connectivity index (χ3v) is 3.63. The Morgan fingerprint density at radius 2 is 2.05 bits per heavy atom. The van der Waals surface area contributed by atoms with Gasteiger partial charge in [-0.3, -0.25) is 0 Å². The normalized spacial score (nSPS) is 17.3. The molecule has 1 unspecified atom stereocenters. The monoisotopic (exact) mass is 298 g/mol. The first-order valence-corrected chi connectivity index (χ1v) is 7.27. The Kier molecular flexibility index (Phi) is 4.18. The fraction of sp³-hybridized carbons (Fsp3) is 0.312. The smallest absolute Gasteiger partial charge is 0.321 e. The number of nitrogens with zero attached hydrogens (tertiary/aromatic N) is 3. The average molecular weight is 298 g/mol. The van der Waals surface area contributed by atoms with Crippen LogP contribution in [0.25, 0.3) is 0 Å². The number of nitrogens with one attached hydrogen (secondary N) is 1. The van der Waals surface area contributed by atoms with Gasteiger partial charge in [-0.1, -0.05) is 18.2 Å². The molecule has 2 amide bonds. The highest BCUT2D eigenvalue weighted by Gasteiger charge is 2.28. The van der Waals surface area contributed by atoms with Crippen LogP contribution < -0.4 is 10.1 Å². The molecule has 1 atom stereocenters. The highest BCUT2D eigenvalue weighted by atomic mass is 16.5. The number of rotatable bonds is 3. The van der Waals surface area contributed by atoms with Crippen LogP contribution in [0.3, 0.4) is 0 Å². The molecule has 3 rings (SSSR count). The van der Waals surface area contributed by atoms with Crippen LogP contribution in [0.15, 0.2) is 42.7 Å². The number of likely N-dealkylation sites (tertiary alicyclic amines) is 1. The van der Waals surface area contributed by atoms with Gasteiger partial charge in [0.1, 0.15) is 6.10 Å². The maximum absolute atomic E-state index is 12.3. The maximum atomic E-state index is 12.3. The zero-order valence-corrected chi connectivity index (χ0v) is 12.4. The van der Waals surface area contributed by atoms with Gasteiger partial charge in [-0.15, -0.1) is 0 Å². The quantitative estimate of drug-likeness (QED) is 0.945. The number of amides is 2. The summed E-state index contributed by atoms with van der Waals surface area (Å²) in [4.78, 5) is 22.1. The third kappa shape index (κ3) is 3.33. The van der Waals surface area contributed by atoms with Crippen molar-refractivity contribution in [1.29, 1.82) is 0 Å². The lowest BCUT2D eigenvalue weighted by Gasteiger charge is -2.18. The van der Waals surface area contributed by atoms with Crippen LogP contribution in [0.2, 0.25) is 0 Å². The zero-order chi connectivity index (χ0) is 15.4. The topological polar surface area (TPSA) is 67.4 Å². The summed E-state index contributed by atoms with van der Waals surface area (Å²) in [6.07, 6.45) is 3.99. The van der Waals surface area contributed by atoms with Crippen molar-refractivity contribution in [2.75, 3.05) is 18.4 Å². The summed E-state index contributed by atoms with van der Waals surface area (Å²) in [6.45, 7) is 3.17. The van der Waals surface area contributed by atoms with E-state index in [9.17, 15) is 4.79 Å². The van der Waals surface area contributed by atoms with Crippen molar-refractivity contribution < 1.29 is 9.53 Å². The van der Waals surface area contributed by atoms with Crippen molar-refractivity contribution in [2.45, 2.75) is 19.4 Å². The molecule has 0 aliphatic carbocycles. The molecule has 6 heteroatoms. The molecule has 1 saturated heterocycles. The Labute approximate surface area is 129 Å². The van der Waals surface area contributed by atoms with Crippen LogP contribution >= 0.6 is 0 Å². The van der Waals surface area contributed by atoms with E-state index in [1.807, 2.05) is 31.2 Å². The highest BCUT2D eigenvalue weighted by molar-refractivity contribution is 5.90. The second-order valence-corrected chi connectivity index (χ2v) is 5.25. The van der Waals surface area contributed by atoms with Crippen LogP contribution in [0, 0.1) is 6.92 Å². The summed E-state index contributed by atoms with van der Waals surface area (Å²) in [5.41, 5.74) is 1.88. The standard InChI is InChI=1S/C16H18N4O2/c1-12-5-2-3-6-14(12)19-16(21)20-10-7-13(11-20)22-15-17-8-4-9-18-15/h2-6,8-9,13H,7,10-11H2,1H3,(H,19,21). The van der Waals surface area contributed by atoms with Gasteiger partial charge in [-0.05, 0) is 24.6 Å². The minimum absolute atomic E-state index is 0.0648. The second kappa shape index (κ2) is 6.43. The van der Waals surface area contributed by atoms with Crippen LogP contribution in [-0.2, 0) is 0 Å². The summed E-state index contributed by atoms with van der Waals surface area (Å²) < 4.78 is 5.69. The predicted molar refractivity (Wildman–Crippen MR) is 82.8 cm³/mol. The van der Waals surface area contributed by atoms with Gasteiger partial charge < -0.3 is 15.0 Å². The van der Waals surface area contributed by atoms with Crippen LogP contribution in [0.1, 0.15) is 12.0 Å². The molecule has 2 heterocycles. The summed E-state index contributed by atoms with van der Waals surface area (Å²) >= 11 is 0.